The summed E-state index contributed by atoms with van der Waals surface area (Å²) >= 11 is 5.92. The number of carboxylic acids is 1. The molecule has 0 radical (unpaired) electrons. The molecule has 2 aromatic rings. The minimum Gasteiger partial charge on any atom is -0.507 e. The third-order valence-corrected chi connectivity index (χ3v) is 3.95. The van der Waals surface area contributed by atoms with Crippen LogP contribution in [0.4, 0.5) is 0 Å². The first-order valence-corrected chi connectivity index (χ1v) is 6.44. The summed E-state index contributed by atoms with van der Waals surface area (Å²) in [6, 6.07) is 4.29. The van der Waals surface area contributed by atoms with Crippen molar-refractivity contribution in [2.45, 2.75) is 4.83 Å². The molecular formula is C11H6Br2O5. The zero-order chi connectivity index (χ0) is 13.4. The minimum absolute atomic E-state index is 0.0101. The van der Waals surface area contributed by atoms with E-state index in [1.807, 2.05) is 0 Å². The molecule has 1 aromatic heterocycles. The summed E-state index contributed by atoms with van der Waals surface area (Å²) in [5.74, 6) is -2.05. The van der Waals surface area contributed by atoms with E-state index in [1.54, 1.807) is 0 Å². The molecule has 0 saturated heterocycles. The Labute approximate surface area is 118 Å². The first kappa shape index (κ1) is 13.1. The van der Waals surface area contributed by atoms with Gasteiger partial charge in [-0.1, -0.05) is 15.9 Å². The number of ketones is 1. The molecule has 0 saturated carbocycles. The lowest BCUT2D eigenvalue weighted by atomic mass is 10.2. The lowest BCUT2D eigenvalue weighted by Gasteiger charge is -1.98. The van der Waals surface area contributed by atoms with E-state index in [4.69, 9.17) is 9.52 Å². The van der Waals surface area contributed by atoms with E-state index in [-0.39, 0.29) is 11.5 Å². The lowest BCUT2D eigenvalue weighted by molar-refractivity contribution is -0.135. The molecule has 0 bridgehead atoms. The summed E-state index contributed by atoms with van der Waals surface area (Å²) in [6.07, 6.45) is 0. The minimum atomic E-state index is -1.36. The molecule has 0 aliphatic rings. The van der Waals surface area contributed by atoms with Crippen LogP contribution in [0.3, 0.4) is 0 Å². The highest BCUT2D eigenvalue weighted by molar-refractivity contribution is 9.10. The van der Waals surface area contributed by atoms with Gasteiger partial charge in [0, 0.05) is 5.39 Å². The highest BCUT2D eigenvalue weighted by Gasteiger charge is 2.27. The van der Waals surface area contributed by atoms with Crippen LogP contribution in [0, 0.1) is 0 Å². The van der Waals surface area contributed by atoms with Crippen molar-refractivity contribution in [3.05, 3.63) is 28.4 Å². The van der Waals surface area contributed by atoms with E-state index >= 15 is 0 Å². The molecule has 0 aliphatic heterocycles. The van der Waals surface area contributed by atoms with Gasteiger partial charge < -0.3 is 14.6 Å². The molecule has 7 heteroatoms. The van der Waals surface area contributed by atoms with E-state index in [2.05, 4.69) is 31.9 Å². The highest BCUT2D eigenvalue weighted by Crippen LogP contribution is 2.34. The van der Waals surface area contributed by atoms with Crippen molar-refractivity contribution in [1.82, 2.24) is 0 Å². The highest BCUT2D eigenvalue weighted by atomic mass is 79.9. The number of aliphatic carboxylic acids is 1. The summed E-state index contributed by atoms with van der Waals surface area (Å²) < 4.78 is 5.65. The van der Waals surface area contributed by atoms with Crippen molar-refractivity contribution in [2.75, 3.05) is 0 Å². The number of hydrogen-bond acceptors (Lipinski definition) is 4. The van der Waals surface area contributed by atoms with Gasteiger partial charge in [0.25, 0.3) is 0 Å². The Hall–Kier alpha value is -1.34. The number of Topliss-reactive ketones (excluding diaryl/α,β-unsaturated/α-hetero) is 1. The smallest absolute Gasteiger partial charge is 0.325 e. The van der Waals surface area contributed by atoms with Gasteiger partial charge in [0.15, 0.2) is 10.6 Å². The van der Waals surface area contributed by atoms with Crippen LogP contribution in [0.5, 0.6) is 5.75 Å². The zero-order valence-corrected chi connectivity index (χ0v) is 11.9. The maximum atomic E-state index is 11.8. The predicted molar refractivity (Wildman–Crippen MR) is 70.3 cm³/mol. The standard InChI is InChI=1S/C11H6Br2O5/c12-8-4-3-7(10(15)9(13)11(16)17)18-6(4)2-1-5(8)14/h1-3,9,14H,(H,16,17). The summed E-state index contributed by atoms with van der Waals surface area (Å²) in [7, 11) is 0. The molecule has 1 atom stereocenters. The second-order valence-electron chi connectivity index (χ2n) is 3.49. The van der Waals surface area contributed by atoms with Crippen molar-refractivity contribution >= 4 is 54.6 Å². The van der Waals surface area contributed by atoms with Crippen LogP contribution in [-0.2, 0) is 4.79 Å². The number of aromatic hydroxyl groups is 1. The normalized spacial score (nSPS) is 12.6. The maximum Gasteiger partial charge on any atom is 0.325 e. The van der Waals surface area contributed by atoms with Crippen LogP contribution in [0.25, 0.3) is 11.0 Å². The Bertz CT molecular complexity index is 646. The van der Waals surface area contributed by atoms with Crippen molar-refractivity contribution in [3.63, 3.8) is 0 Å². The fraction of sp³-hybridized carbons (Fsp3) is 0.0909. The van der Waals surface area contributed by atoms with E-state index in [1.165, 1.54) is 18.2 Å². The Morgan fingerprint density at radius 1 is 1.33 bits per heavy atom. The molecule has 0 aliphatic carbocycles. The molecule has 2 N–H and O–H groups in total. The number of carbonyl (C=O) groups excluding carboxylic acids is 1. The van der Waals surface area contributed by atoms with Crippen molar-refractivity contribution < 1.29 is 24.2 Å². The number of phenolic OH excluding ortho intramolecular Hbond substituents is 1. The Balaban J connectivity index is 2.51. The van der Waals surface area contributed by atoms with E-state index in [0.717, 1.165) is 0 Å². The van der Waals surface area contributed by atoms with Crippen LogP contribution in [0.1, 0.15) is 10.6 Å². The number of phenols is 1. The van der Waals surface area contributed by atoms with E-state index < -0.39 is 16.6 Å². The van der Waals surface area contributed by atoms with Crippen LogP contribution in [0.2, 0.25) is 0 Å². The van der Waals surface area contributed by atoms with Crippen LogP contribution < -0.4 is 0 Å². The van der Waals surface area contributed by atoms with Gasteiger partial charge in [0.05, 0.1) is 4.47 Å². The second-order valence-corrected chi connectivity index (χ2v) is 5.19. The van der Waals surface area contributed by atoms with Gasteiger partial charge in [-0.05, 0) is 34.1 Å². The number of fused-ring (bicyclic) bond motifs is 1. The molecule has 0 spiro atoms. The summed E-state index contributed by atoms with van der Waals surface area (Å²) in [4.78, 5) is 21.1. The fourth-order valence-electron chi connectivity index (χ4n) is 1.42. The third kappa shape index (κ3) is 2.15. The zero-order valence-electron chi connectivity index (χ0n) is 8.68. The van der Waals surface area contributed by atoms with Gasteiger partial charge in [0.1, 0.15) is 11.3 Å². The first-order valence-electron chi connectivity index (χ1n) is 4.74. The van der Waals surface area contributed by atoms with Crippen molar-refractivity contribution in [3.8, 4) is 5.75 Å². The largest absolute Gasteiger partial charge is 0.507 e. The quantitative estimate of drug-likeness (QED) is 0.487. The van der Waals surface area contributed by atoms with Gasteiger partial charge in [0.2, 0.25) is 5.78 Å². The average molecular weight is 378 g/mol. The van der Waals surface area contributed by atoms with Crippen LogP contribution in [-0.4, -0.2) is 26.8 Å². The number of carbonyl (C=O) groups is 2. The molecule has 1 aromatic carbocycles. The average Bonchev–Trinajstić information content (AvgIpc) is 2.76. The van der Waals surface area contributed by atoms with Crippen molar-refractivity contribution in [1.29, 1.82) is 0 Å². The maximum absolute atomic E-state index is 11.8. The SMILES string of the molecule is O=C(O)C(Br)C(=O)c1cc2c(Br)c(O)ccc2o1. The molecule has 2 rings (SSSR count). The van der Waals surface area contributed by atoms with Gasteiger partial charge >= 0.3 is 5.97 Å². The number of hydrogen-bond donors (Lipinski definition) is 2. The van der Waals surface area contributed by atoms with Gasteiger partial charge in [-0.2, -0.15) is 0 Å². The second kappa shape index (κ2) is 4.74. The summed E-state index contributed by atoms with van der Waals surface area (Å²) in [5.41, 5.74) is 0.383. The number of rotatable bonds is 3. The molecule has 5 nitrogen and oxygen atoms in total. The number of benzene rings is 1. The molecule has 0 fully saturated rings. The van der Waals surface area contributed by atoms with Crippen LogP contribution in [0.15, 0.2) is 27.1 Å². The lowest BCUT2D eigenvalue weighted by Crippen LogP contribution is -2.23. The number of alkyl halides is 1. The number of halogens is 2. The predicted octanol–water partition coefficient (Wildman–Crippen LogP) is 2.93. The van der Waals surface area contributed by atoms with Crippen LogP contribution >= 0.6 is 31.9 Å². The molecule has 1 heterocycles. The van der Waals surface area contributed by atoms with Gasteiger partial charge in [-0.3, -0.25) is 9.59 Å². The Kier molecular flexibility index (Phi) is 3.45. The van der Waals surface area contributed by atoms with Crippen molar-refractivity contribution in [2.24, 2.45) is 0 Å². The van der Waals surface area contributed by atoms with Gasteiger partial charge in [-0.15, -0.1) is 0 Å². The third-order valence-electron chi connectivity index (χ3n) is 2.30. The molecule has 1 unspecified atom stereocenters. The number of carboxylic acid groups (broad SMARTS) is 1. The number of furan rings is 1. The molecule has 18 heavy (non-hydrogen) atoms. The fourth-order valence-corrected chi connectivity index (χ4v) is 2.09. The molecular weight excluding hydrogens is 372 g/mol. The molecule has 0 amide bonds. The Morgan fingerprint density at radius 2 is 2.00 bits per heavy atom. The topological polar surface area (TPSA) is 87.7 Å². The van der Waals surface area contributed by atoms with E-state index in [0.29, 0.717) is 15.4 Å². The summed E-state index contributed by atoms with van der Waals surface area (Å²) in [5, 5.41) is 18.7. The monoisotopic (exact) mass is 376 g/mol. The Morgan fingerprint density at radius 3 is 2.61 bits per heavy atom. The summed E-state index contributed by atoms with van der Waals surface area (Å²) in [6.45, 7) is 0. The van der Waals surface area contributed by atoms with Gasteiger partial charge in [-0.25, -0.2) is 0 Å². The first-order chi connectivity index (χ1) is 8.41. The molecule has 94 valence electrons. The van der Waals surface area contributed by atoms with E-state index in [9.17, 15) is 14.7 Å².